The third-order valence-electron chi connectivity index (χ3n) is 12.3. The van der Waals surface area contributed by atoms with Gasteiger partial charge in [0.1, 0.15) is 17.4 Å². The highest BCUT2D eigenvalue weighted by atomic mass is 19.1. The van der Waals surface area contributed by atoms with Gasteiger partial charge in [-0.15, -0.1) is 0 Å². The van der Waals surface area contributed by atoms with Crippen LogP contribution >= 0.6 is 0 Å². The number of aryl methyl sites for hydroxylation is 2. The number of benzene rings is 3. The van der Waals surface area contributed by atoms with Crippen molar-refractivity contribution in [2.45, 2.75) is 136 Å². The molecule has 0 unspecified atom stereocenters. The Hall–Kier alpha value is -4.34. The normalized spacial score (nSPS) is 15.3. The molecular weight excluding hydrogens is 775 g/mol. The molecule has 0 bridgehead atoms. The summed E-state index contributed by atoms with van der Waals surface area (Å²) in [6, 6.07) is 14.3. The minimum absolute atomic E-state index is 0.0905. The first kappa shape index (κ1) is 49.3. The van der Waals surface area contributed by atoms with Gasteiger partial charge in [-0.25, -0.2) is 18.4 Å². The highest BCUT2D eigenvalue weighted by Gasteiger charge is 2.29. The zero-order valence-corrected chi connectivity index (χ0v) is 37.2. The molecule has 334 valence electrons. The fraction of sp³-hybridized carbons (Fsp3) is 0.538. The Kier molecular flexibility index (Phi) is 20.2. The maximum Gasteiger partial charge on any atom is 0.333 e. The Morgan fingerprint density at radius 1 is 0.689 bits per heavy atom. The number of aliphatic hydroxyl groups is 2. The molecule has 61 heavy (non-hydrogen) atoms. The first-order valence-corrected chi connectivity index (χ1v) is 22.6. The zero-order chi connectivity index (χ0) is 44.4. The van der Waals surface area contributed by atoms with Crippen molar-refractivity contribution >= 4 is 11.9 Å². The van der Waals surface area contributed by atoms with Crippen molar-refractivity contribution in [1.82, 2.24) is 0 Å². The third-order valence-corrected chi connectivity index (χ3v) is 12.3. The topological polar surface area (TPSA) is 102 Å². The number of hydrogen-bond donors (Lipinski definition) is 2. The lowest BCUT2D eigenvalue weighted by Gasteiger charge is -2.30. The van der Waals surface area contributed by atoms with Crippen LogP contribution in [0, 0.1) is 23.0 Å². The molecule has 3 aromatic carbocycles. The van der Waals surface area contributed by atoms with Crippen molar-refractivity contribution in [2.24, 2.45) is 11.3 Å². The lowest BCUT2D eigenvalue weighted by molar-refractivity contribution is -0.139. The fourth-order valence-corrected chi connectivity index (χ4v) is 8.40. The van der Waals surface area contributed by atoms with Crippen molar-refractivity contribution in [3.05, 3.63) is 101 Å². The van der Waals surface area contributed by atoms with Crippen LogP contribution in [0.15, 0.2) is 72.8 Å². The number of aliphatic hydroxyl groups excluding tert-OH is 2. The second kappa shape index (κ2) is 24.9. The molecule has 1 saturated carbocycles. The minimum Gasteiger partial charge on any atom is -0.493 e. The van der Waals surface area contributed by atoms with Gasteiger partial charge in [-0.2, -0.15) is 0 Å². The van der Waals surface area contributed by atoms with Gasteiger partial charge in [0.05, 0.1) is 38.6 Å². The van der Waals surface area contributed by atoms with Crippen LogP contribution in [-0.4, -0.2) is 55.2 Å². The molecule has 1 aliphatic rings. The number of rotatable bonds is 26. The van der Waals surface area contributed by atoms with Crippen LogP contribution in [0.25, 0.3) is 22.3 Å². The highest BCUT2D eigenvalue weighted by Crippen LogP contribution is 2.40. The summed E-state index contributed by atoms with van der Waals surface area (Å²) >= 11 is 0. The average molecular weight is 845 g/mol. The molecule has 0 spiro atoms. The van der Waals surface area contributed by atoms with Crippen LogP contribution in [-0.2, 0) is 31.9 Å². The number of hydrogen-bond acceptors (Lipinski definition) is 7. The van der Waals surface area contributed by atoms with Crippen LogP contribution in [0.2, 0.25) is 0 Å². The van der Waals surface area contributed by atoms with Gasteiger partial charge in [-0.3, -0.25) is 0 Å². The summed E-state index contributed by atoms with van der Waals surface area (Å²) in [5.41, 5.74) is 3.74. The Bertz CT molecular complexity index is 1810. The third kappa shape index (κ3) is 14.6. The Labute approximate surface area is 363 Å². The Morgan fingerprint density at radius 2 is 1.23 bits per heavy atom. The number of carbonyl (C=O) groups excluding carboxylic acids is 2. The summed E-state index contributed by atoms with van der Waals surface area (Å²) in [4.78, 5) is 24.3. The van der Waals surface area contributed by atoms with Crippen molar-refractivity contribution < 1.29 is 42.8 Å². The van der Waals surface area contributed by atoms with E-state index in [-0.39, 0.29) is 49.7 Å². The van der Waals surface area contributed by atoms with Gasteiger partial charge < -0.3 is 24.4 Å². The first-order valence-electron chi connectivity index (χ1n) is 22.6. The summed E-state index contributed by atoms with van der Waals surface area (Å²) in [6.45, 7) is 14.7. The number of esters is 2. The standard InChI is InChI=1S/C52H70F2O7/c1-7-9-11-14-38-17-19-39(20-18-38)40-21-23-41(24-22-40)44-32-46(53)48(47(54)33-44)45-30-42(15-12-27-60-50(57)36(3)4)49(43(31-45)16-13-28-61-51(58)37(5)6)59-29-26-52(34-55,35-56)25-10-8-2/h21-24,30-33,38-39,55-56H,3,5,7-20,25-29,34-35H2,1-2,4,6H3. The molecule has 0 aromatic heterocycles. The molecule has 2 N–H and O–H groups in total. The average Bonchev–Trinajstić information content (AvgIpc) is 3.25. The maximum atomic E-state index is 16.4. The van der Waals surface area contributed by atoms with Gasteiger partial charge >= 0.3 is 11.9 Å². The van der Waals surface area contributed by atoms with E-state index >= 15 is 8.78 Å². The predicted molar refractivity (Wildman–Crippen MR) is 241 cm³/mol. The Morgan fingerprint density at radius 3 is 1.72 bits per heavy atom. The van der Waals surface area contributed by atoms with E-state index in [1.165, 1.54) is 69.1 Å². The molecule has 0 amide bonds. The summed E-state index contributed by atoms with van der Waals surface area (Å²) in [5, 5.41) is 20.6. The van der Waals surface area contributed by atoms with E-state index in [1.807, 2.05) is 12.1 Å². The minimum atomic E-state index is -0.731. The number of ether oxygens (including phenoxy) is 3. The molecule has 1 fully saturated rings. The van der Waals surface area contributed by atoms with E-state index in [9.17, 15) is 19.8 Å². The first-order chi connectivity index (χ1) is 29.3. The van der Waals surface area contributed by atoms with Crippen LogP contribution in [0.4, 0.5) is 8.78 Å². The number of halogens is 2. The molecule has 0 aliphatic heterocycles. The van der Waals surface area contributed by atoms with Crippen LogP contribution in [0.3, 0.4) is 0 Å². The molecule has 9 heteroatoms. The predicted octanol–water partition coefficient (Wildman–Crippen LogP) is 12.2. The van der Waals surface area contributed by atoms with E-state index < -0.39 is 29.0 Å². The lowest BCUT2D eigenvalue weighted by Crippen LogP contribution is -2.32. The lowest BCUT2D eigenvalue weighted by atomic mass is 9.77. The van der Waals surface area contributed by atoms with E-state index in [2.05, 4.69) is 39.1 Å². The second-order valence-corrected chi connectivity index (χ2v) is 17.3. The van der Waals surface area contributed by atoms with Crippen molar-refractivity contribution in [2.75, 3.05) is 33.0 Å². The molecule has 0 radical (unpaired) electrons. The molecule has 1 aliphatic carbocycles. The molecule has 0 saturated heterocycles. The Balaban J connectivity index is 1.66. The van der Waals surface area contributed by atoms with E-state index in [0.717, 1.165) is 24.3 Å². The van der Waals surface area contributed by atoms with Gasteiger partial charge in [0.2, 0.25) is 0 Å². The molecular formula is C52H70F2O7. The van der Waals surface area contributed by atoms with E-state index in [1.54, 1.807) is 26.0 Å². The number of carbonyl (C=O) groups is 2. The van der Waals surface area contributed by atoms with E-state index in [4.69, 9.17) is 14.2 Å². The van der Waals surface area contributed by atoms with Gasteiger partial charge in [0, 0.05) is 16.6 Å². The van der Waals surface area contributed by atoms with E-state index in [0.29, 0.717) is 72.4 Å². The SMILES string of the molecule is C=C(C)C(=O)OCCCc1cc(-c2c(F)cc(-c3ccc(C4CCC(CCCCC)CC4)cc3)cc2F)cc(CCCOC(=O)C(=C)C)c1OCCC(CO)(CO)CCCC. The van der Waals surface area contributed by atoms with Gasteiger partial charge in [0.25, 0.3) is 0 Å². The maximum absolute atomic E-state index is 16.4. The largest absolute Gasteiger partial charge is 0.493 e. The quantitative estimate of drug-likeness (QED) is 0.0471. The van der Waals surface area contributed by atoms with Gasteiger partial charge in [-0.05, 0) is 148 Å². The zero-order valence-electron chi connectivity index (χ0n) is 37.2. The second-order valence-electron chi connectivity index (χ2n) is 17.3. The van der Waals surface area contributed by atoms with Crippen molar-refractivity contribution in [3.8, 4) is 28.0 Å². The van der Waals surface area contributed by atoms with Crippen molar-refractivity contribution in [3.63, 3.8) is 0 Å². The summed E-state index contributed by atoms with van der Waals surface area (Å²) < 4.78 is 50.0. The monoisotopic (exact) mass is 845 g/mol. The van der Waals surface area contributed by atoms with Crippen LogP contribution in [0.5, 0.6) is 5.75 Å². The van der Waals surface area contributed by atoms with Gasteiger partial charge in [0.15, 0.2) is 0 Å². The molecule has 7 nitrogen and oxygen atoms in total. The van der Waals surface area contributed by atoms with Gasteiger partial charge in [-0.1, -0.05) is 89.8 Å². The summed E-state index contributed by atoms with van der Waals surface area (Å²) in [6.07, 6.45) is 14.3. The smallest absolute Gasteiger partial charge is 0.333 e. The molecule has 0 atom stereocenters. The molecule has 4 rings (SSSR count). The summed E-state index contributed by atoms with van der Waals surface area (Å²) in [5.74, 6) is -0.598. The molecule has 3 aromatic rings. The fourth-order valence-electron chi connectivity index (χ4n) is 8.40. The van der Waals surface area contributed by atoms with Crippen LogP contribution < -0.4 is 4.74 Å². The summed E-state index contributed by atoms with van der Waals surface area (Å²) in [7, 11) is 0. The van der Waals surface area contributed by atoms with Crippen molar-refractivity contribution in [1.29, 1.82) is 0 Å². The number of unbranched alkanes of at least 4 members (excludes halogenated alkanes) is 3. The van der Waals surface area contributed by atoms with Crippen LogP contribution in [0.1, 0.15) is 140 Å². The molecule has 0 heterocycles. The highest BCUT2D eigenvalue weighted by molar-refractivity contribution is 5.87.